The maximum atomic E-state index is 13.1. The molecule has 1 aromatic carbocycles. The summed E-state index contributed by atoms with van der Waals surface area (Å²) in [4.78, 5) is 17.8. The molecule has 29 heavy (non-hydrogen) atoms. The Labute approximate surface area is 174 Å². The number of carbonyl (C=O) groups is 1. The highest BCUT2D eigenvalue weighted by Gasteiger charge is 2.32. The van der Waals surface area contributed by atoms with Crippen LogP contribution < -0.4 is 5.32 Å². The van der Waals surface area contributed by atoms with Crippen LogP contribution in [0.3, 0.4) is 0 Å². The second kappa shape index (κ2) is 9.92. The predicted molar refractivity (Wildman–Crippen MR) is 115 cm³/mol. The molecule has 0 aromatic heterocycles. The van der Waals surface area contributed by atoms with Crippen LogP contribution in [0.15, 0.2) is 24.3 Å². The number of carbonyl (C=O) groups excluding carboxylic acids is 1. The number of piperazine rings is 1. The highest BCUT2D eigenvalue weighted by atomic mass is 19.1. The SMILES string of the molecule is O=C([C@H]1CC[C@H](Nc2ccc(F)cc2)CC1)N1CCN(C2CCCCCC2)CC1. The van der Waals surface area contributed by atoms with E-state index in [1.165, 1.54) is 50.7 Å². The van der Waals surface area contributed by atoms with Gasteiger partial charge in [0.15, 0.2) is 0 Å². The molecule has 0 unspecified atom stereocenters. The molecule has 2 aliphatic carbocycles. The topological polar surface area (TPSA) is 35.6 Å². The normalized spacial score (nSPS) is 27.4. The third-order valence-electron chi connectivity index (χ3n) is 7.26. The van der Waals surface area contributed by atoms with Crippen LogP contribution in [0, 0.1) is 11.7 Å². The molecule has 3 aliphatic rings. The average molecular weight is 402 g/mol. The minimum Gasteiger partial charge on any atom is -0.382 e. The smallest absolute Gasteiger partial charge is 0.225 e. The van der Waals surface area contributed by atoms with Crippen LogP contribution in [-0.4, -0.2) is 54.0 Å². The summed E-state index contributed by atoms with van der Waals surface area (Å²) in [6.07, 6.45) is 12.2. The molecule has 4 nitrogen and oxygen atoms in total. The van der Waals surface area contributed by atoms with Crippen molar-refractivity contribution >= 4 is 11.6 Å². The zero-order valence-corrected chi connectivity index (χ0v) is 17.6. The Hall–Kier alpha value is -1.62. The van der Waals surface area contributed by atoms with Crippen LogP contribution in [0.25, 0.3) is 0 Å². The largest absolute Gasteiger partial charge is 0.382 e. The van der Waals surface area contributed by atoms with E-state index in [0.29, 0.717) is 11.9 Å². The molecule has 1 saturated heterocycles. The lowest BCUT2D eigenvalue weighted by Gasteiger charge is -2.41. The van der Waals surface area contributed by atoms with Crippen LogP contribution in [0.1, 0.15) is 64.2 Å². The van der Waals surface area contributed by atoms with Gasteiger partial charge < -0.3 is 10.2 Å². The van der Waals surface area contributed by atoms with Gasteiger partial charge in [0.25, 0.3) is 0 Å². The molecule has 0 atom stereocenters. The molecule has 0 bridgehead atoms. The Morgan fingerprint density at radius 1 is 0.828 bits per heavy atom. The predicted octanol–water partition coefficient (Wildman–Crippen LogP) is 4.66. The van der Waals surface area contributed by atoms with Gasteiger partial charge in [-0.2, -0.15) is 0 Å². The first-order valence-corrected chi connectivity index (χ1v) is 11.7. The lowest BCUT2D eigenvalue weighted by Crippen LogP contribution is -2.53. The van der Waals surface area contributed by atoms with Gasteiger partial charge in [0, 0.05) is 49.9 Å². The van der Waals surface area contributed by atoms with E-state index in [4.69, 9.17) is 0 Å². The van der Waals surface area contributed by atoms with E-state index in [2.05, 4.69) is 15.1 Å². The zero-order valence-electron chi connectivity index (χ0n) is 17.6. The van der Waals surface area contributed by atoms with E-state index < -0.39 is 0 Å². The number of benzene rings is 1. The Bertz CT molecular complexity index is 641. The number of amides is 1. The summed E-state index contributed by atoms with van der Waals surface area (Å²) in [7, 11) is 0. The van der Waals surface area contributed by atoms with E-state index in [1.807, 2.05) is 0 Å². The number of nitrogens with zero attached hydrogens (tertiary/aromatic N) is 2. The fraction of sp³-hybridized carbons (Fsp3) is 0.708. The molecule has 1 N–H and O–H groups in total. The molecule has 1 aromatic rings. The van der Waals surface area contributed by atoms with Crippen LogP contribution >= 0.6 is 0 Å². The van der Waals surface area contributed by atoms with Crippen LogP contribution in [-0.2, 0) is 4.79 Å². The third kappa shape index (κ3) is 5.50. The Morgan fingerprint density at radius 3 is 2.07 bits per heavy atom. The monoisotopic (exact) mass is 401 g/mol. The molecular formula is C24H36FN3O. The zero-order chi connectivity index (χ0) is 20.1. The molecule has 2 saturated carbocycles. The number of hydrogen-bond acceptors (Lipinski definition) is 3. The first-order chi connectivity index (χ1) is 14.2. The Morgan fingerprint density at radius 2 is 1.45 bits per heavy atom. The van der Waals surface area contributed by atoms with Crippen molar-refractivity contribution in [3.05, 3.63) is 30.1 Å². The van der Waals surface area contributed by atoms with Crippen molar-refractivity contribution in [3.63, 3.8) is 0 Å². The van der Waals surface area contributed by atoms with Crippen LogP contribution in [0.2, 0.25) is 0 Å². The van der Waals surface area contributed by atoms with Gasteiger partial charge in [0.1, 0.15) is 5.82 Å². The molecule has 1 aliphatic heterocycles. The fourth-order valence-electron chi connectivity index (χ4n) is 5.46. The summed E-state index contributed by atoms with van der Waals surface area (Å²) in [5.74, 6) is 0.362. The Kier molecular flexibility index (Phi) is 7.06. The number of rotatable bonds is 4. The van der Waals surface area contributed by atoms with Gasteiger partial charge in [-0.25, -0.2) is 4.39 Å². The summed E-state index contributed by atoms with van der Waals surface area (Å²) in [6, 6.07) is 7.71. The van der Waals surface area contributed by atoms with E-state index in [9.17, 15) is 9.18 Å². The van der Waals surface area contributed by atoms with Gasteiger partial charge in [-0.15, -0.1) is 0 Å². The maximum absolute atomic E-state index is 13.1. The van der Waals surface area contributed by atoms with Gasteiger partial charge in [0.05, 0.1) is 0 Å². The molecule has 5 heteroatoms. The second-order valence-corrected chi connectivity index (χ2v) is 9.21. The van der Waals surface area contributed by atoms with Crippen molar-refractivity contribution in [2.45, 2.75) is 76.3 Å². The third-order valence-corrected chi connectivity index (χ3v) is 7.26. The highest BCUT2D eigenvalue weighted by Crippen LogP contribution is 2.29. The van der Waals surface area contributed by atoms with Crippen molar-refractivity contribution in [2.75, 3.05) is 31.5 Å². The minimum atomic E-state index is -0.205. The summed E-state index contributed by atoms with van der Waals surface area (Å²) in [5.41, 5.74) is 0.968. The lowest BCUT2D eigenvalue weighted by molar-refractivity contribution is -0.138. The molecule has 4 rings (SSSR count). The van der Waals surface area contributed by atoms with Crippen LogP contribution in [0.4, 0.5) is 10.1 Å². The maximum Gasteiger partial charge on any atom is 0.225 e. The molecule has 3 fully saturated rings. The van der Waals surface area contributed by atoms with Crippen LogP contribution in [0.5, 0.6) is 0 Å². The lowest BCUT2D eigenvalue weighted by atomic mass is 9.85. The summed E-state index contributed by atoms with van der Waals surface area (Å²) in [5, 5.41) is 3.50. The number of hydrogen-bond donors (Lipinski definition) is 1. The number of nitrogens with one attached hydrogen (secondary N) is 1. The van der Waals surface area contributed by atoms with Gasteiger partial charge in [0.2, 0.25) is 5.91 Å². The Balaban J connectivity index is 1.20. The first-order valence-electron chi connectivity index (χ1n) is 11.7. The van der Waals surface area contributed by atoms with E-state index in [1.54, 1.807) is 12.1 Å². The van der Waals surface area contributed by atoms with Gasteiger partial charge in [-0.1, -0.05) is 25.7 Å². The summed E-state index contributed by atoms with van der Waals surface area (Å²) < 4.78 is 13.1. The van der Waals surface area contributed by atoms with Gasteiger partial charge in [-0.3, -0.25) is 9.69 Å². The fourth-order valence-corrected chi connectivity index (χ4v) is 5.46. The molecule has 0 radical (unpaired) electrons. The van der Waals surface area contributed by atoms with Crippen molar-refractivity contribution in [3.8, 4) is 0 Å². The van der Waals surface area contributed by atoms with E-state index in [-0.39, 0.29) is 11.7 Å². The van der Waals surface area contributed by atoms with Gasteiger partial charge >= 0.3 is 0 Å². The van der Waals surface area contributed by atoms with Crippen molar-refractivity contribution in [1.29, 1.82) is 0 Å². The average Bonchev–Trinajstić information content (AvgIpc) is 3.05. The minimum absolute atomic E-state index is 0.186. The second-order valence-electron chi connectivity index (χ2n) is 9.21. The molecule has 1 heterocycles. The summed E-state index contributed by atoms with van der Waals surface area (Å²) in [6.45, 7) is 3.92. The highest BCUT2D eigenvalue weighted by molar-refractivity contribution is 5.79. The standard InChI is InChI=1S/C24H36FN3O/c25-20-9-13-22(14-10-20)26-21-11-7-19(8-12-21)24(29)28-17-15-27(16-18-28)23-5-3-1-2-4-6-23/h9-10,13-14,19,21,23,26H,1-8,11-12,15-18H2/t19-,21-. The quantitative estimate of drug-likeness (QED) is 0.745. The molecule has 1 amide bonds. The molecular weight excluding hydrogens is 365 g/mol. The number of halogens is 1. The summed E-state index contributed by atoms with van der Waals surface area (Å²) >= 11 is 0. The molecule has 0 spiro atoms. The van der Waals surface area contributed by atoms with E-state index >= 15 is 0 Å². The van der Waals surface area contributed by atoms with E-state index in [0.717, 1.165) is 63.6 Å². The number of anilines is 1. The molecule has 160 valence electrons. The first kappa shape index (κ1) is 20.6. The van der Waals surface area contributed by atoms with Crippen molar-refractivity contribution in [2.24, 2.45) is 5.92 Å². The van der Waals surface area contributed by atoms with Crippen molar-refractivity contribution < 1.29 is 9.18 Å². The van der Waals surface area contributed by atoms with Crippen molar-refractivity contribution in [1.82, 2.24) is 9.80 Å². The van der Waals surface area contributed by atoms with Gasteiger partial charge in [-0.05, 0) is 62.8 Å².